The third-order valence-electron chi connectivity index (χ3n) is 4.95. The summed E-state index contributed by atoms with van der Waals surface area (Å²) in [6, 6.07) is 7.36. The lowest BCUT2D eigenvalue weighted by Gasteiger charge is -2.10. The molecule has 0 radical (unpaired) electrons. The molecule has 1 aliphatic heterocycles. The van der Waals surface area contributed by atoms with Gasteiger partial charge in [0.05, 0.1) is 32.6 Å². The molecule has 0 saturated heterocycles. The highest BCUT2D eigenvalue weighted by molar-refractivity contribution is 8.08. The molecule has 2 heterocycles. The summed E-state index contributed by atoms with van der Waals surface area (Å²) in [6.07, 6.45) is -4.67. The zero-order valence-corrected chi connectivity index (χ0v) is 19.8. The number of carbonyl (C=O) groups excluding carboxylic acids is 2. The molecule has 1 unspecified atom stereocenters. The molecule has 1 aromatic carbocycles. The Labute approximate surface area is 205 Å². The molecule has 8 nitrogen and oxygen atoms in total. The maximum atomic E-state index is 12.8. The second-order valence-electron chi connectivity index (χ2n) is 7.41. The zero-order chi connectivity index (χ0) is 25.8. The Morgan fingerprint density at radius 3 is 2.31 bits per heavy atom. The number of aliphatic hydroxyl groups is 1. The number of thioether (sulfide) groups is 1. The molecule has 13 heteroatoms. The van der Waals surface area contributed by atoms with Crippen LogP contribution in [0.15, 0.2) is 47.3 Å². The van der Waals surface area contributed by atoms with Crippen LogP contribution in [-0.2, 0) is 11.0 Å². The Morgan fingerprint density at radius 2 is 1.71 bits per heavy atom. The van der Waals surface area contributed by atoms with Gasteiger partial charge in [0.1, 0.15) is 5.76 Å². The van der Waals surface area contributed by atoms with E-state index in [9.17, 15) is 32.7 Å². The second-order valence-corrected chi connectivity index (χ2v) is 9.52. The fourth-order valence-corrected chi connectivity index (χ4v) is 5.20. The molecule has 3 rings (SSSR count). The number of hydrogen-bond donors (Lipinski definition) is 4. The highest BCUT2D eigenvalue weighted by Gasteiger charge is 2.32. The molecular formula is C22H20F3N3O5S2. The molecule has 0 spiro atoms. The molecule has 1 aromatic heterocycles. The largest absolute Gasteiger partial charge is 0.510 e. The van der Waals surface area contributed by atoms with Crippen LogP contribution in [0.1, 0.15) is 43.8 Å². The van der Waals surface area contributed by atoms with Crippen LogP contribution in [0.3, 0.4) is 0 Å². The number of aliphatic carboxylic acids is 1. The van der Waals surface area contributed by atoms with E-state index in [1.54, 1.807) is 6.92 Å². The number of carboxylic acids is 1. The molecule has 0 bridgehead atoms. The van der Waals surface area contributed by atoms with Crippen LogP contribution in [0, 0.1) is 5.92 Å². The van der Waals surface area contributed by atoms with Gasteiger partial charge in [-0.05, 0) is 36.8 Å². The van der Waals surface area contributed by atoms with Gasteiger partial charge in [-0.1, -0.05) is 12.1 Å². The van der Waals surface area contributed by atoms with Gasteiger partial charge in [0.15, 0.2) is 0 Å². The second kappa shape index (κ2) is 11.0. The average molecular weight is 528 g/mol. The lowest BCUT2D eigenvalue weighted by molar-refractivity contribution is -0.138. The topological polar surface area (TPSA) is 128 Å². The number of rotatable bonds is 8. The quantitative estimate of drug-likeness (QED) is 0.298. The van der Waals surface area contributed by atoms with E-state index in [0.29, 0.717) is 21.9 Å². The molecule has 2 aromatic rings. The summed E-state index contributed by atoms with van der Waals surface area (Å²) in [4.78, 5) is 35.8. The van der Waals surface area contributed by atoms with E-state index in [4.69, 9.17) is 5.11 Å². The highest BCUT2D eigenvalue weighted by Crippen LogP contribution is 2.42. The number of hydrogen-bond acceptors (Lipinski definition) is 7. The van der Waals surface area contributed by atoms with Crippen LogP contribution in [0.4, 0.5) is 13.2 Å². The third kappa shape index (κ3) is 6.63. The van der Waals surface area contributed by atoms with E-state index < -0.39 is 35.4 Å². The number of aliphatic hydroxyl groups excluding tert-OH is 1. The van der Waals surface area contributed by atoms with Gasteiger partial charge >= 0.3 is 12.1 Å². The number of hydrazone groups is 1. The number of benzene rings is 1. The van der Waals surface area contributed by atoms with Crippen molar-refractivity contribution in [3.63, 3.8) is 0 Å². The summed E-state index contributed by atoms with van der Waals surface area (Å²) in [7, 11) is 0. The normalized spacial score (nSPS) is 16.3. The summed E-state index contributed by atoms with van der Waals surface area (Å²) < 4.78 is 38.3. The highest BCUT2D eigenvalue weighted by atomic mass is 32.2. The zero-order valence-electron chi connectivity index (χ0n) is 18.2. The Kier molecular flexibility index (Phi) is 8.22. The average Bonchev–Trinajstić information content (AvgIpc) is 3.44. The Balaban J connectivity index is 1.62. The molecular weight excluding hydrogens is 507 g/mol. The van der Waals surface area contributed by atoms with E-state index in [0.717, 1.165) is 23.5 Å². The number of nitrogens with zero attached hydrogens (tertiary/aromatic N) is 1. The first kappa shape index (κ1) is 26.3. The van der Waals surface area contributed by atoms with Crippen LogP contribution in [0.25, 0.3) is 4.91 Å². The van der Waals surface area contributed by atoms with Gasteiger partial charge < -0.3 is 15.5 Å². The molecule has 1 aliphatic rings. The first-order valence-electron chi connectivity index (χ1n) is 10.1. The molecule has 186 valence electrons. The van der Waals surface area contributed by atoms with Crippen molar-refractivity contribution in [1.29, 1.82) is 0 Å². The molecule has 0 saturated carbocycles. The molecule has 2 amide bonds. The molecule has 0 aliphatic carbocycles. The number of carboxylic acid groups (broad SMARTS) is 1. The van der Waals surface area contributed by atoms with Crippen LogP contribution < -0.4 is 10.7 Å². The predicted octanol–water partition coefficient (Wildman–Crippen LogP) is 4.37. The predicted molar refractivity (Wildman–Crippen MR) is 126 cm³/mol. The number of alkyl halides is 3. The fraction of sp³-hybridized carbons (Fsp3) is 0.273. The standard InChI is InChI=1S/C22H20F3N3O5S2/c1-11(14-10-34-19(18(14)31)12-2-4-13(5-3-12)22(23,24)25)27-28-21(33)16-7-6-15(35-16)20(32)26-9-8-17(29)30/h2-7,14,31H,8-10H2,1H3,(H,26,32)(H,28,33)(H,29,30)/b27-11+. The lowest BCUT2D eigenvalue weighted by atomic mass is 10.0. The fourth-order valence-electron chi connectivity index (χ4n) is 3.06. The third-order valence-corrected chi connectivity index (χ3v) is 7.26. The monoisotopic (exact) mass is 527 g/mol. The molecule has 35 heavy (non-hydrogen) atoms. The maximum Gasteiger partial charge on any atom is 0.416 e. The smallest absolute Gasteiger partial charge is 0.416 e. The van der Waals surface area contributed by atoms with Gasteiger partial charge in [0.25, 0.3) is 11.8 Å². The van der Waals surface area contributed by atoms with Crippen molar-refractivity contribution in [2.75, 3.05) is 12.3 Å². The summed E-state index contributed by atoms with van der Waals surface area (Å²) in [5.41, 5.74) is 2.43. The number of halogens is 3. The van der Waals surface area contributed by atoms with Crippen LogP contribution in [-0.4, -0.2) is 46.0 Å². The van der Waals surface area contributed by atoms with E-state index in [1.807, 2.05) is 0 Å². The van der Waals surface area contributed by atoms with Crippen LogP contribution in [0.5, 0.6) is 0 Å². The van der Waals surface area contributed by atoms with Gasteiger partial charge in [0.2, 0.25) is 0 Å². The van der Waals surface area contributed by atoms with Gasteiger partial charge in [-0.3, -0.25) is 14.4 Å². The van der Waals surface area contributed by atoms with E-state index in [1.165, 1.54) is 36.0 Å². The lowest BCUT2D eigenvalue weighted by Crippen LogP contribution is -2.25. The van der Waals surface area contributed by atoms with Crippen molar-refractivity contribution in [3.8, 4) is 0 Å². The van der Waals surface area contributed by atoms with Gasteiger partial charge in [-0.25, -0.2) is 5.43 Å². The summed E-state index contributed by atoms with van der Waals surface area (Å²) >= 11 is 2.18. The summed E-state index contributed by atoms with van der Waals surface area (Å²) in [5.74, 6) is -2.29. The van der Waals surface area contributed by atoms with Crippen molar-refractivity contribution >= 4 is 51.5 Å². The van der Waals surface area contributed by atoms with Gasteiger partial charge in [-0.15, -0.1) is 23.1 Å². The Morgan fingerprint density at radius 1 is 1.09 bits per heavy atom. The van der Waals surface area contributed by atoms with Gasteiger partial charge in [0, 0.05) is 18.0 Å². The van der Waals surface area contributed by atoms with Crippen molar-refractivity contribution in [3.05, 3.63) is 63.0 Å². The number of nitrogens with one attached hydrogen (secondary N) is 2. The summed E-state index contributed by atoms with van der Waals surface area (Å²) in [6.45, 7) is 1.56. The van der Waals surface area contributed by atoms with Crippen LogP contribution in [0.2, 0.25) is 0 Å². The van der Waals surface area contributed by atoms with E-state index in [2.05, 4.69) is 15.8 Å². The summed E-state index contributed by atoms with van der Waals surface area (Å²) in [5, 5.41) is 25.7. The van der Waals surface area contributed by atoms with Crippen molar-refractivity contribution in [1.82, 2.24) is 10.7 Å². The molecule has 0 fully saturated rings. The van der Waals surface area contributed by atoms with E-state index >= 15 is 0 Å². The van der Waals surface area contributed by atoms with Crippen molar-refractivity contribution in [2.45, 2.75) is 19.5 Å². The van der Waals surface area contributed by atoms with Crippen molar-refractivity contribution in [2.24, 2.45) is 11.0 Å². The van der Waals surface area contributed by atoms with E-state index in [-0.39, 0.29) is 28.5 Å². The SMILES string of the molecule is C/C(=N\NC(=O)c1ccc(C(=O)NCCC(=O)O)s1)C1CSC(c2ccc(C(F)(F)F)cc2)=C1O. The first-order valence-corrected chi connectivity index (χ1v) is 12.0. The number of amides is 2. The Bertz CT molecular complexity index is 1190. The van der Waals surface area contributed by atoms with Crippen LogP contribution >= 0.6 is 23.1 Å². The number of carbonyl (C=O) groups is 3. The molecule has 1 atom stereocenters. The molecule has 4 N–H and O–H groups in total. The maximum absolute atomic E-state index is 12.8. The number of thiophene rings is 1. The van der Waals surface area contributed by atoms with Crippen molar-refractivity contribution < 1.29 is 37.8 Å². The minimum absolute atomic E-state index is 0.0397. The number of allylic oxidation sites excluding steroid dienone is 1. The Hall–Kier alpha value is -3.32. The minimum atomic E-state index is -4.45. The minimum Gasteiger partial charge on any atom is -0.510 e. The van der Waals surface area contributed by atoms with Gasteiger partial charge in [-0.2, -0.15) is 18.3 Å². The first-order chi connectivity index (χ1) is 16.5.